The van der Waals surface area contributed by atoms with Crippen molar-refractivity contribution in [2.75, 3.05) is 5.32 Å². The molecular formula is C25H21N3O. The van der Waals surface area contributed by atoms with Crippen molar-refractivity contribution in [2.24, 2.45) is 0 Å². The highest BCUT2D eigenvalue weighted by atomic mass is 16.2. The van der Waals surface area contributed by atoms with Crippen LogP contribution >= 0.6 is 0 Å². The van der Waals surface area contributed by atoms with Crippen LogP contribution in [0.15, 0.2) is 78.9 Å². The standard InChI is InChI=1S/C25H21N3O/c29-25-19-11-5-7-13-21(19)27-24(28(25)17-14-15-17)22-18-10-4-6-12-20(18)26-23(22)16-8-2-1-3-9-16/h1-13,17,24,26-27H,14-15H2/t24-/m0/s1. The summed E-state index contributed by atoms with van der Waals surface area (Å²) in [6, 6.07) is 26.9. The highest BCUT2D eigenvalue weighted by molar-refractivity contribution is 6.03. The summed E-state index contributed by atoms with van der Waals surface area (Å²) in [6.45, 7) is 0. The Labute approximate surface area is 169 Å². The number of amides is 1. The van der Waals surface area contributed by atoms with E-state index in [4.69, 9.17) is 0 Å². The van der Waals surface area contributed by atoms with Crippen molar-refractivity contribution >= 4 is 22.5 Å². The summed E-state index contributed by atoms with van der Waals surface area (Å²) in [5, 5.41) is 4.84. The third-order valence-electron chi connectivity index (χ3n) is 5.98. The van der Waals surface area contributed by atoms with E-state index in [0.717, 1.165) is 51.8 Å². The van der Waals surface area contributed by atoms with E-state index < -0.39 is 0 Å². The van der Waals surface area contributed by atoms with Crippen LogP contribution in [-0.2, 0) is 0 Å². The number of H-pyrrole nitrogens is 1. The summed E-state index contributed by atoms with van der Waals surface area (Å²) in [7, 11) is 0. The minimum atomic E-state index is -0.198. The first-order chi connectivity index (χ1) is 14.3. The van der Waals surface area contributed by atoms with Crippen LogP contribution in [-0.4, -0.2) is 21.8 Å². The number of anilines is 1. The van der Waals surface area contributed by atoms with Gasteiger partial charge < -0.3 is 15.2 Å². The Balaban J connectivity index is 1.60. The van der Waals surface area contributed by atoms with Crippen molar-refractivity contribution in [3.63, 3.8) is 0 Å². The molecule has 1 fully saturated rings. The zero-order valence-electron chi connectivity index (χ0n) is 15.9. The van der Waals surface area contributed by atoms with Gasteiger partial charge in [-0.2, -0.15) is 0 Å². The van der Waals surface area contributed by atoms with Crippen LogP contribution in [0, 0.1) is 0 Å². The average Bonchev–Trinajstić information content (AvgIpc) is 3.53. The van der Waals surface area contributed by atoms with E-state index in [1.807, 2.05) is 36.4 Å². The number of aromatic amines is 1. The lowest BCUT2D eigenvalue weighted by atomic mass is 9.98. The fourth-order valence-electron chi connectivity index (χ4n) is 4.49. The molecule has 1 atom stereocenters. The number of hydrogen-bond acceptors (Lipinski definition) is 2. The highest BCUT2D eigenvalue weighted by Crippen LogP contribution is 2.45. The quantitative estimate of drug-likeness (QED) is 0.489. The lowest BCUT2D eigenvalue weighted by Gasteiger charge is -2.38. The van der Waals surface area contributed by atoms with E-state index in [1.165, 1.54) is 0 Å². The molecule has 1 amide bonds. The van der Waals surface area contributed by atoms with Gasteiger partial charge in [0.05, 0.1) is 11.3 Å². The van der Waals surface area contributed by atoms with Crippen LogP contribution in [0.1, 0.15) is 34.9 Å². The number of nitrogens with zero attached hydrogens (tertiary/aromatic N) is 1. The van der Waals surface area contributed by atoms with Crippen LogP contribution in [0.5, 0.6) is 0 Å². The van der Waals surface area contributed by atoms with Gasteiger partial charge in [0.2, 0.25) is 0 Å². The SMILES string of the molecule is O=C1c2ccccc2N[C@H](c2c(-c3ccccc3)[nH]c3ccccc23)N1C1CC1. The summed E-state index contributed by atoms with van der Waals surface area (Å²) in [4.78, 5) is 19.1. The number of benzene rings is 3. The number of para-hydroxylation sites is 2. The Kier molecular flexibility index (Phi) is 3.54. The molecule has 6 rings (SSSR count). The monoisotopic (exact) mass is 379 g/mol. The average molecular weight is 379 g/mol. The second kappa shape index (κ2) is 6.24. The topological polar surface area (TPSA) is 48.1 Å². The lowest BCUT2D eigenvalue weighted by Crippen LogP contribution is -2.44. The second-order valence-electron chi connectivity index (χ2n) is 7.86. The first kappa shape index (κ1) is 16.4. The number of fused-ring (bicyclic) bond motifs is 2. The number of nitrogens with one attached hydrogen (secondary N) is 2. The Bertz CT molecular complexity index is 1220. The van der Waals surface area contributed by atoms with Gasteiger partial charge in [-0.05, 0) is 36.6 Å². The summed E-state index contributed by atoms with van der Waals surface area (Å²) in [5.41, 5.74) is 6.09. The molecular weight excluding hydrogens is 358 g/mol. The van der Waals surface area contributed by atoms with Gasteiger partial charge in [-0.3, -0.25) is 4.79 Å². The van der Waals surface area contributed by atoms with Gasteiger partial charge >= 0.3 is 0 Å². The maximum absolute atomic E-state index is 13.5. The molecule has 1 aliphatic heterocycles. The van der Waals surface area contributed by atoms with E-state index in [-0.39, 0.29) is 12.1 Å². The molecule has 0 radical (unpaired) electrons. The predicted octanol–water partition coefficient (Wildman–Crippen LogP) is 5.56. The molecule has 0 spiro atoms. The van der Waals surface area contributed by atoms with Crippen LogP contribution in [0.25, 0.3) is 22.2 Å². The zero-order valence-corrected chi connectivity index (χ0v) is 15.9. The fourth-order valence-corrected chi connectivity index (χ4v) is 4.49. The van der Waals surface area contributed by atoms with Gasteiger partial charge in [-0.15, -0.1) is 0 Å². The lowest BCUT2D eigenvalue weighted by molar-refractivity contribution is 0.0668. The first-order valence-electron chi connectivity index (χ1n) is 10.2. The second-order valence-corrected chi connectivity index (χ2v) is 7.86. The van der Waals surface area contributed by atoms with Crippen molar-refractivity contribution in [3.8, 4) is 11.3 Å². The molecule has 1 aromatic heterocycles. The fraction of sp³-hybridized carbons (Fsp3) is 0.160. The van der Waals surface area contributed by atoms with Gasteiger partial charge in [0.25, 0.3) is 5.91 Å². The predicted molar refractivity (Wildman–Crippen MR) is 116 cm³/mol. The van der Waals surface area contributed by atoms with Crippen LogP contribution in [0.4, 0.5) is 5.69 Å². The molecule has 1 aliphatic carbocycles. The maximum atomic E-state index is 13.5. The Morgan fingerprint density at radius 3 is 2.38 bits per heavy atom. The van der Waals surface area contributed by atoms with Gasteiger partial charge in [-0.25, -0.2) is 0 Å². The number of hydrogen-bond donors (Lipinski definition) is 2. The Hall–Kier alpha value is -3.53. The summed E-state index contributed by atoms with van der Waals surface area (Å²) in [6.07, 6.45) is 1.93. The third-order valence-corrected chi connectivity index (χ3v) is 5.98. The Morgan fingerprint density at radius 2 is 1.55 bits per heavy atom. The van der Waals surface area contributed by atoms with Gasteiger partial charge in [0.15, 0.2) is 0 Å². The smallest absolute Gasteiger partial charge is 0.258 e. The van der Waals surface area contributed by atoms with Crippen LogP contribution in [0.2, 0.25) is 0 Å². The third kappa shape index (κ3) is 2.56. The zero-order chi connectivity index (χ0) is 19.4. The van der Waals surface area contributed by atoms with Gasteiger partial charge in [0, 0.05) is 28.2 Å². The van der Waals surface area contributed by atoms with Crippen molar-refractivity contribution in [1.29, 1.82) is 0 Å². The molecule has 3 aromatic carbocycles. The molecule has 1 saturated carbocycles. The van der Waals surface area contributed by atoms with E-state index in [0.29, 0.717) is 6.04 Å². The summed E-state index contributed by atoms with van der Waals surface area (Å²) in [5.74, 6) is 0.121. The molecule has 142 valence electrons. The normalized spacial score (nSPS) is 18.6. The van der Waals surface area contributed by atoms with E-state index in [1.54, 1.807) is 0 Å². The molecule has 4 heteroatoms. The maximum Gasteiger partial charge on any atom is 0.258 e. The number of aromatic nitrogens is 1. The summed E-state index contributed by atoms with van der Waals surface area (Å²) >= 11 is 0. The van der Waals surface area contributed by atoms with Crippen molar-refractivity contribution in [2.45, 2.75) is 25.0 Å². The van der Waals surface area contributed by atoms with Gasteiger partial charge in [-0.1, -0.05) is 60.7 Å². The number of carbonyl (C=O) groups is 1. The Morgan fingerprint density at radius 1 is 0.828 bits per heavy atom. The molecule has 2 N–H and O–H groups in total. The molecule has 4 nitrogen and oxygen atoms in total. The van der Waals surface area contributed by atoms with E-state index >= 15 is 0 Å². The first-order valence-corrected chi connectivity index (χ1v) is 10.2. The molecule has 0 saturated heterocycles. The minimum absolute atomic E-state index is 0.121. The van der Waals surface area contributed by atoms with Crippen molar-refractivity contribution < 1.29 is 4.79 Å². The molecule has 2 aliphatic rings. The van der Waals surface area contributed by atoms with Crippen LogP contribution < -0.4 is 5.32 Å². The molecule has 0 unspecified atom stereocenters. The van der Waals surface area contributed by atoms with E-state index in [2.05, 4.69) is 57.7 Å². The van der Waals surface area contributed by atoms with E-state index in [9.17, 15) is 4.79 Å². The van der Waals surface area contributed by atoms with Crippen LogP contribution in [0.3, 0.4) is 0 Å². The molecule has 2 heterocycles. The minimum Gasteiger partial charge on any atom is -0.361 e. The highest BCUT2D eigenvalue weighted by Gasteiger charge is 2.43. The molecule has 4 aromatic rings. The number of rotatable bonds is 3. The van der Waals surface area contributed by atoms with Gasteiger partial charge in [0.1, 0.15) is 6.17 Å². The number of carbonyl (C=O) groups excluding carboxylic acids is 1. The van der Waals surface area contributed by atoms with Crippen molar-refractivity contribution in [3.05, 3.63) is 90.0 Å². The molecule has 29 heavy (non-hydrogen) atoms. The molecule has 0 bridgehead atoms. The largest absolute Gasteiger partial charge is 0.361 e. The van der Waals surface area contributed by atoms with Crippen molar-refractivity contribution in [1.82, 2.24) is 9.88 Å². The summed E-state index contributed by atoms with van der Waals surface area (Å²) < 4.78 is 0.